The Hall–Kier alpha value is -2.11. The Morgan fingerprint density at radius 1 is 0.352 bits per heavy atom. The van der Waals surface area contributed by atoms with Crippen molar-refractivity contribution in [1.82, 2.24) is 0 Å². The van der Waals surface area contributed by atoms with Crippen LogP contribution in [0.2, 0.25) is 0 Å². The van der Waals surface area contributed by atoms with E-state index in [4.69, 9.17) is 14.2 Å². The van der Waals surface area contributed by atoms with E-state index in [0.29, 0.717) is 19.3 Å². The Bertz CT molecular complexity index is 880. The van der Waals surface area contributed by atoms with Crippen LogP contribution in [-0.2, 0) is 28.6 Å². The highest BCUT2D eigenvalue weighted by molar-refractivity contribution is 5.71. The molecule has 6 nitrogen and oxygen atoms in total. The molecule has 0 amide bonds. The lowest BCUT2D eigenvalue weighted by molar-refractivity contribution is -0.167. The second-order valence-electron chi connectivity index (χ2n) is 15.7. The largest absolute Gasteiger partial charge is 0.462 e. The highest BCUT2D eigenvalue weighted by atomic mass is 16.6. The first kappa shape index (κ1) is 51.9. The van der Waals surface area contributed by atoms with E-state index in [0.717, 1.165) is 70.6 Å². The molecule has 0 radical (unpaired) electrons. The molecule has 0 aromatic rings. The fourth-order valence-corrected chi connectivity index (χ4v) is 6.62. The van der Waals surface area contributed by atoms with Gasteiger partial charge >= 0.3 is 17.9 Å². The lowest BCUT2D eigenvalue weighted by atomic mass is 10.0. The molecule has 0 rings (SSSR count). The topological polar surface area (TPSA) is 78.9 Å². The van der Waals surface area contributed by atoms with Gasteiger partial charge in [0.15, 0.2) is 6.10 Å². The summed E-state index contributed by atoms with van der Waals surface area (Å²) in [5.74, 6) is -0.931. The van der Waals surface area contributed by atoms with Crippen LogP contribution in [0, 0.1) is 0 Å². The van der Waals surface area contributed by atoms with Crippen molar-refractivity contribution in [2.75, 3.05) is 13.2 Å². The second kappa shape index (κ2) is 43.6. The molecule has 0 saturated heterocycles. The van der Waals surface area contributed by atoms with Crippen LogP contribution < -0.4 is 0 Å². The van der Waals surface area contributed by atoms with E-state index in [-0.39, 0.29) is 31.1 Å². The van der Waals surface area contributed by atoms with Gasteiger partial charge in [-0.1, -0.05) is 186 Å². The summed E-state index contributed by atoms with van der Waals surface area (Å²) in [5.41, 5.74) is 0. The number of hydrogen-bond donors (Lipinski definition) is 0. The van der Waals surface area contributed by atoms with Crippen molar-refractivity contribution >= 4 is 17.9 Å². The molecule has 0 aliphatic carbocycles. The van der Waals surface area contributed by atoms with E-state index in [2.05, 4.69) is 45.1 Å². The molecule has 316 valence electrons. The van der Waals surface area contributed by atoms with Crippen LogP contribution in [0.15, 0.2) is 24.3 Å². The predicted molar refractivity (Wildman–Crippen MR) is 229 cm³/mol. The lowest BCUT2D eigenvalue weighted by Gasteiger charge is -2.18. The van der Waals surface area contributed by atoms with Crippen molar-refractivity contribution in [2.24, 2.45) is 0 Å². The summed E-state index contributed by atoms with van der Waals surface area (Å²) < 4.78 is 16.7. The SMILES string of the molecule is CCCCCC/C=C\CCCC(=O)OCC(COC(=O)CCCCCCCCCCCCCCCC)OC(=O)CCCCC/C=C\CCCCCCCC. The van der Waals surface area contributed by atoms with E-state index in [9.17, 15) is 14.4 Å². The van der Waals surface area contributed by atoms with E-state index in [1.54, 1.807) is 0 Å². The van der Waals surface area contributed by atoms with Crippen LogP contribution >= 0.6 is 0 Å². The molecule has 0 bridgehead atoms. The molecular weight excluding hydrogens is 673 g/mol. The van der Waals surface area contributed by atoms with E-state index in [1.807, 2.05) is 0 Å². The van der Waals surface area contributed by atoms with Crippen LogP contribution in [0.5, 0.6) is 0 Å². The minimum absolute atomic E-state index is 0.0827. The number of rotatable bonds is 42. The minimum Gasteiger partial charge on any atom is -0.462 e. The van der Waals surface area contributed by atoms with Gasteiger partial charge < -0.3 is 14.2 Å². The zero-order valence-electron chi connectivity index (χ0n) is 36.0. The Labute approximate surface area is 334 Å². The Balaban J connectivity index is 4.37. The van der Waals surface area contributed by atoms with Gasteiger partial charge in [0, 0.05) is 19.3 Å². The van der Waals surface area contributed by atoms with Crippen LogP contribution in [-0.4, -0.2) is 37.2 Å². The summed E-state index contributed by atoms with van der Waals surface area (Å²) in [5, 5.41) is 0. The predicted octanol–water partition coefficient (Wildman–Crippen LogP) is 14.8. The number of ether oxygens (including phenoxy) is 3. The van der Waals surface area contributed by atoms with Gasteiger partial charge in [0.05, 0.1) is 0 Å². The molecule has 0 N–H and O–H groups in total. The Morgan fingerprint density at radius 2 is 0.630 bits per heavy atom. The number of allylic oxidation sites excluding steroid dienone is 4. The van der Waals surface area contributed by atoms with Crippen LogP contribution in [0.1, 0.15) is 245 Å². The monoisotopic (exact) mass is 761 g/mol. The summed E-state index contributed by atoms with van der Waals surface area (Å²) in [4.78, 5) is 37.7. The van der Waals surface area contributed by atoms with Crippen molar-refractivity contribution in [3.8, 4) is 0 Å². The van der Waals surface area contributed by atoms with Gasteiger partial charge in [-0.15, -0.1) is 0 Å². The molecule has 0 aliphatic rings. The zero-order valence-corrected chi connectivity index (χ0v) is 36.0. The van der Waals surface area contributed by atoms with E-state index < -0.39 is 6.10 Å². The smallest absolute Gasteiger partial charge is 0.306 e. The zero-order chi connectivity index (χ0) is 39.4. The molecule has 0 heterocycles. The fraction of sp³-hybridized carbons (Fsp3) is 0.854. The highest BCUT2D eigenvalue weighted by Crippen LogP contribution is 2.15. The van der Waals surface area contributed by atoms with Gasteiger partial charge in [0.1, 0.15) is 13.2 Å². The van der Waals surface area contributed by atoms with Gasteiger partial charge in [-0.25, -0.2) is 0 Å². The average Bonchev–Trinajstić information content (AvgIpc) is 3.17. The number of esters is 3. The van der Waals surface area contributed by atoms with E-state index >= 15 is 0 Å². The van der Waals surface area contributed by atoms with Crippen molar-refractivity contribution in [3.05, 3.63) is 24.3 Å². The number of unbranched alkanes of at least 4 members (excludes halogenated alkanes) is 27. The summed E-state index contributed by atoms with van der Waals surface area (Å²) in [6, 6.07) is 0. The van der Waals surface area contributed by atoms with Crippen LogP contribution in [0.3, 0.4) is 0 Å². The fourth-order valence-electron chi connectivity index (χ4n) is 6.62. The van der Waals surface area contributed by atoms with Gasteiger partial charge in [0.25, 0.3) is 0 Å². The summed E-state index contributed by atoms with van der Waals surface area (Å²) in [6.07, 6.45) is 47.4. The van der Waals surface area contributed by atoms with Crippen LogP contribution in [0.4, 0.5) is 0 Å². The number of carbonyl (C=O) groups is 3. The molecule has 1 unspecified atom stereocenters. The summed E-state index contributed by atoms with van der Waals surface area (Å²) >= 11 is 0. The third-order valence-electron chi connectivity index (χ3n) is 10.2. The van der Waals surface area contributed by atoms with Crippen molar-refractivity contribution in [3.63, 3.8) is 0 Å². The maximum absolute atomic E-state index is 12.7. The average molecular weight is 761 g/mol. The van der Waals surface area contributed by atoms with Crippen molar-refractivity contribution in [2.45, 2.75) is 252 Å². The highest BCUT2D eigenvalue weighted by Gasteiger charge is 2.19. The molecule has 0 fully saturated rings. The summed E-state index contributed by atoms with van der Waals surface area (Å²) in [7, 11) is 0. The molecule has 0 spiro atoms. The third kappa shape index (κ3) is 41.1. The molecule has 0 saturated carbocycles. The standard InChI is InChI=1S/C48H88O6/c1-4-7-10-13-16-19-21-23-25-26-29-32-35-38-41-47(50)53-44-45(43-52-46(49)40-37-34-31-28-18-15-12-9-6-3)54-48(51)42-39-36-33-30-27-24-22-20-17-14-11-8-5-2/h24,27-28,31,45H,4-23,25-26,29-30,32-44H2,1-3H3/b27-24-,31-28-. The maximum Gasteiger partial charge on any atom is 0.306 e. The van der Waals surface area contributed by atoms with Gasteiger partial charge in [0.2, 0.25) is 0 Å². The van der Waals surface area contributed by atoms with Gasteiger partial charge in [-0.3, -0.25) is 14.4 Å². The number of hydrogen-bond acceptors (Lipinski definition) is 6. The normalized spacial score (nSPS) is 12.1. The second-order valence-corrected chi connectivity index (χ2v) is 15.7. The minimum atomic E-state index is -0.783. The van der Waals surface area contributed by atoms with E-state index in [1.165, 1.54) is 135 Å². The Kier molecular flexibility index (Phi) is 41.9. The first-order valence-electron chi connectivity index (χ1n) is 23.3. The molecule has 54 heavy (non-hydrogen) atoms. The Morgan fingerprint density at radius 3 is 1.04 bits per heavy atom. The van der Waals surface area contributed by atoms with Crippen molar-refractivity contribution < 1.29 is 28.6 Å². The first-order chi connectivity index (χ1) is 26.5. The van der Waals surface area contributed by atoms with Gasteiger partial charge in [-0.2, -0.15) is 0 Å². The van der Waals surface area contributed by atoms with Gasteiger partial charge in [-0.05, 0) is 64.2 Å². The summed E-state index contributed by atoms with van der Waals surface area (Å²) in [6.45, 7) is 6.56. The van der Waals surface area contributed by atoms with Crippen LogP contribution in [0.25, 0.3) is 0 Å². The molecule has 0 aromatic heterocycles. The lowest BCUT2D eigenvalue weighted by Crippen LogP contribution is -2.30. The number of carbonyl (C=O) groups excluding carboxylic acids is 3. The maximum atomic E-state index is 12.7. The quantitative estimate of drug-likeness (QED) is 0.0267. The molecule has 6 heteroatoms. The van der Waals surface area contributed by atoms with Crippen molar-refractivity contribution in [1.29, 1.82) is 0 Å². The third-order valence-corrected chi connectivity index (χ3v) is 10.2. The molecule has 1 atom stereocenters. The molecular formula is C48H88O6. The molecule has 0 aromatic carbocycles. The first-order valence-corrected chi connectivity index (χ1v) is 23.3. The molecule has 0 aliphatic heterocycles.